The maximum Gasteiger partial charge on any atom is 0.264 e. The van der Waals surface area contributed by atoms with Crippen LogP contribution in [-0.4, -0.2) is 254 Å². The molecule has 0 aliphatic carbocycles. The number of carbonyl (C=O) groups is 8. The molecule has 4 aliphatic heterocycles. The number of imide groups is 4. The monoisotopic (exact) mass is 1140 g/mol. The Morgan fingerprint density at radius 3 is 0.840 bits per heavy atom. The molecule has 27 nitrogen and oxygen atoms in total. The zero-order valence-corrected chi connectivity index (χ0v) is 45.7. The smallest absolute Gasteiger partial charge is 0.264 e. The summed E-state index contributed by atoms with van der Waals surface area (Å²) >= 11 is 0. The van der Waals surface area contributed by atoms with Gasteiger partial charge in [-0.25, -0.2) is 0 Å². The van der Waals surface area contributed by atoms with Crippen molar-refractivity contribution in [2.75, 3.05) is 196 Å². The van der Waals surface area contributed by atoms with Crippen LogP contribution in [0.15, 0.2) is 36.4 Å². The normalized spacial score (nSPS) is 17.1. The maximum absolute atomic E-state index is 13.2. The average Bonchev–Trinajstić information content (AvgIpc) is 3.93. The second-order valence-electron chi connectivity index (χ2n) is 18.2. The average molecular weight is 1150 g/mol. The van der Waals surface area contributed by atoms with Crippen LogP contribution in [0.4, 0.5) is 11.4 Å². The van der Waals surface area contributed by atoms with Crippen LogP contribution in [0, 0.1) is 0 Å². The summed E-state index contributed by atoms with van der Waals surface area (Å²) in [4.78, 5) is 102. The molecule has 0 spiro atoms. The zero-order chi connectivity index (χ0) is 57.3. The number of anilines is 2. The fraction of sp³-hybridized carbons (Fsp3) is 0.630. The Morgan fingerprint density at radius 2 is 0.593 bits per heavy atom. The SMILES string of the molecule is O=C1CCC(N2C(=O)c3cccc(NCCOCCOCCOCCOCCOCCOCCOCCOCCOCCOCCOCCOCCOCCNc4cccc5c4C(=O)N(C4CCC(=O)NC4=O)C5=O)c3C2=O)C(=O)N1. The largest absolute Gasteiger partial charge is 0.382 e. The molecular weight excluding hydrogens is 1070 g/mol. The van der Waals surface area contributed by atoms with E-state index < -0.39 is 59.3 Å². The lowest BCUT2D eigenvalue weighted by atomic mass is 10.0. The van der Waals surface area contributed by atoms with Crippen LogP contribution in [-0.2, 0) is 80.8 Å². The third-order valence-electron chi connectivity index (χ3n) is 12.5. The molecule has 0 saturated carbocycles. The van der Waals surface area contributed by atoms with E-state index in [1.807, 2.05) is 0 Å². The van der Waals surface area contributed by atoms with Crippen molar-refractivity contribution < 1.29 is 99.9 Å². The van der Waals surface area contributed by atoms with Crippen LogP contribution in [0.25, 0.3) is 0 Å². The molecule has 27 heteroatoms. The van der Waals surface area contributed by atoms with E-state index >= 15 is 0 Å². The molecule has 4 aliphatic rings. The van der Waals surface area contributed by atoms with Crippen molar-refractivity contribution >= 4 is 58.6 Å². The van der Waals surface area contributed by atoms with Crippen LogP contribution in [0.2, 0.25) is 0 Å². The molecule has 8 amide bonds. The Bertz CT molecular complexity index is 2190. The number of fused-ring (bicyclic) bond motifs is 2. The van der Waals surface area contributed by atoms with Gasteiger partial charge < -0.3 is 72.2 Å². The molecule has 4 N–H and O–H groups in total. The summed E-state index contributed by atoms with van der Waals surface area (Å²) < 4.78 is 71.9. The number of nitrogens with one attached hydrogen (secondary N) is 4. The summed E-state index contributed by atoms with van der Waals surface area (Å²) in [6.45, 7) is 11.5. The molecular formula is C54H76N6O21. The number of amides is 8. The highest BCUT2D eigenvalue weighted by molar-refractivity contribution is 6.26. The number of ether oxygens (including phenoxy) is 13. The predicted octanol–water partition coefficient (Wildman–Crippen LogP) is 0.229. The Morgan fingerprint density at radius 1 is 0.346 bits per heavy atom. The van der Waals surface area contributed by atoms with E-state index in [4.69, 9.17) is 61.6 Å². The quantitative estimate of drug-likeness (QED) is 0.0509. The lowest BCUT2D eigenvalue weighted by Crippen LogP contribution is -2.54. The van der Waals surface area contributed by atoms with E-state index in [0.717, 1.165) is 9.80 Å². The third-order valence-corrected chi connectivity index (χ3v) is 12.5. The van der Waals surface area contributed by atoms with Crippen LogP contribution >= 0.6 is 0 Å². The summed E-state index contributed by atoms with van der Waals surface area (Å²) in [5, 5.41) is 10.7. The first-order valence-electron chi connectivity index (χ1n) is 27.3. The first-order valence-corrected chi connectivity index (χ1v) is 27.3. The van der Waals surface area contributed by atoms with E-state index in [-0.39, 0.29) is 47.9 Å². The number of benzene rings is 2. The number of hydrogen-bond donors (Lipinski definition) is 4. The molecule has 2 unspecified atom stereocenters. The molecule has 4 heterocycles. The van der Waals surface area contributed by atoms with Gasteiger partial charge in [-0.3, -0.25) is 58.8 Å². The molecule has 0 radical (unpaired) electrons. The highest BCUT2D eigenvalue weighted by Crippen LogP contribution is 2.34. The zero-order valence-electron chi connectivity index (χ0n) is 45.7. The third kappa shape index (κ3) is 21.4. The first kappa shape index (κ1) is 64.3. The van der Waals surface area contributed by atoms with Crippen molar-refractivity contribution in [3.63, 3.8) is 0 Å². The summed E-state index contributed by atoms with van der Waals surface area (Å²) in [5.74, 6) is -4.41. The van der Waals surface area contributed by atoms with Gasteiger partial charge in [0.1, 0.15) is 12.1 Å². The topological polar surface area (TPSA) is 311 Å². The van der Waals surface area contributed by atoms with Gasteiger partial charge in [-0.15, -0.1) is 0 Å². The van der Waals surface area contributed by atoms with Gasteiger partial charge in [-0.2, -0.15) is 0 Å². The molecule has 2 atom stereocenters. The van der Waals surface area contributed by atoms with Crippen molar-refractivity contribution in [3.8, 4) is 0 Å². The highest BCUT2D eigenvalue weighted by atomic mass is 16.6. The fourth-order valence-electron chi connectivity index (χ4n) is 8.58. The number of carbonyl (C=O) groups excluding carboxylic acids is 8. The van der Waals surface area contributed by atoms with Crippen molar-refractivity contribution in [2.45, 2.75) is 37.8 Å². The standard InChI is InChI=1S/C54H76N6O21/c61-45-9-7-43(49(63)57-45)59-51(65)39-3-1-5-41(47(39)53(59)67)55-11-13-69-15-17-71-19-21-73-23-25-75-27-29-77-31-33-79-35-37-81-38-36-80-34-32-78-30-28-76-26-24-74-22-20-72-18-16-70-14-12-56-42-6-2-4-40-48(42)54(68)60(52(40)66)44-8-10-46(62)58-50(44)64/h1-6,43-44,55-56H,7-38H2,(H,57,61,63)(H,58,62,64). The van der Waals surface area contributed by atoms with Gasteiger partial charge in [0.25, 0.3) is 23.6 Å². The van der Waals surface area contributed by atoms with E-state index in [9.17, 15) is 38.4 Å². The molecule has 448 valence electrons. The van der Waals surface area contributed by atoms with Crippen molar-refractivity contribution in [3.05, 3.63) is 58.7 Å². The molecule has 2 fully saturated rings. The summed E-state index contributed by atoms with van der Waals surface area (Å²) in [6, 6.07) is 7.74. The van der Waals surface area contributed by atoms with Gasteiger partial charge in [0, 0.05) is 37.3 Å². The fourth-order valence-corrected chi connectivity index (χ4v) is 8.58. The van der Waals surface area contributed by atoms with Crippen molar-refractivity contribution in [1.82, 2.24) is 20.4 Å². The Hall–Kier alpha value is -5.92. The highest BCUT2D eigenvalue weighted by Gasteiger charge is 2.47. The number of rotatable bonds is 46. The maximum atomic E-state index is 13.2. The van der Waals surface area contributed by atoms with Crippen LogP contribution in [0.3, 0.4) is 0 Å². The molecule has 6 rings (SSSR count). The molecule has 2 aromatic carbocycles. The molecule has 2 saturated heterocycles. The second-order valence-corrected chi connectivity index (χ2v) is 18.2. The van der Waals surface area contributed by atoms with Gasteiger partial charge in [0.05, 0.1) is 194 Å². The second kappa shape index (κ2) is 37.2. The van der Waals surface area contributed by atoms with Gasteiger partial charge >= 0.3 is 0 Å². The van der Waals surface area contributed by atoms with Crippen LogP contribution < -0.4 is 21.3 Å². The van der Waals surface area contributed by atoms with Crippen molar-refractivity contribution in [2.24, 2.45) is 0 Å². The molecule has 0 bridgehead atoms. The Kier molecular flexibility index (Phi) is 29.5. The summed E-state index contributed by atoms with van der Waals surface area (Å²) in [7, 11) is 0. The van der Waals surface area contributed by atoms with Crippen LogP contribution in [0.1, 0.15) is 67.1 Å². The van der Waals surface area contributed by atoms with Crippen LogP contribution in [0.5, 0.6) is 0 Å². The van der Waals surface area contributed by atoms with E-state index in [1.165, 1.54) is 0 Å². The van der Waals surface area contributed by atoms with Gasteiger partial charge in [-0.05, 0) is 37.1 Å². The molecule has 81 heavy (non-hydrogen) atoms. The minimum Gasteiger partial charge on any atom is -0.382 e. The van der Waals surface area contributed by atoms with Crippen molar-refractivity contribution in [1.29, 1.82) is 0 Å². The Balaban J connectivity index is 0.592. The number of hydrogen-bond acceptors (Lipinski definition) is 23. The predicted molar refractivity (Wildman–Crippen MR) is 284 cm³/mol. The first-order chi connectivity index (χ1) is 39.7. The molecule has 2 aromatic rings. The van der Waals surface area contributed by atoms with Gasteiger partial charge in [-0.1, -0.05) is 12.1 Å². The van der Waals surface area contributed by atoms with Gasteiger partial charge in [0.2, 0.25) is 23.6 Å². The number of piperidine rings is 2. The van der Waals surface area contributed by atoms with E-state index in [1.54, 1.807) is 36.4 Å². The number of nitrogens with zero attached hydrogens (tertiary/aromatic N) is 2. The van der Waals surface area contributed by atoms with E-state index in [2.05, 4.69) is 21.3 Å². The van der Waals surface area contributed by atoms with Gasteiger partial charge in [0.15, 0.2) is 0 Å². The Labute approximate surface area is 469 Å². The molecule has 0 aromatic heterocycles. The van der Waals surface area contributed by atoms with E-state index in [0.29, 0.717) is 196 Å². The minimum absolute atomic E-state index is 0.0553. The minimum atomic E-state index is -1.02. The lowest BCUT2D eigenvalue weighted by molar-refractivity contribution is -0.137. The lowest BCUT2D eigenvalue weighted by Gasteiger charge is -2.27. The summed E-state index contributed by atoms with van der Waals surface area (Å²) in [6.07, 6.45) is 0.296. The summed E-state index contributed by atoms with van der Waals surface area (Å²) in [5.41, 5.74) is 1.75.